The van der Waals surface area contributed by atoms with Crippen LogP contribution in [0, 0.1) is 0 Å². The fraction of sp³-hybridized carbons (Fsp3) is 0.333. The summed E-state index contributed by atoms with van der Waals surface area (Å²) in [5.74, 6) is 0.358. The molecule has 0 saturated carbocycles. The van der Waals surface area contributed by atoms with Gasteiger partial charge in [-0.15, -0.1) is 5.10 Å². The van der Waals surface area contributed by atoms with E-state index in [1.165, 1.54) is 20.3 Å². The van der Waals surface area contributed by atoms with Gasteiger partial charge in [0.2, 0.25) is 11.6 Å². The van der Waals surface area contributed by atoms with E-state index in [0.29, 0.717) is 17.2 Å². The zero-order valence-electron chi connectivity index (χ0n) is 20.5. The first kappa shape index (κ1) is 23.6. The van der Waals surface area contributed by atoms with Crippen molar-refractivity contribution < 1.29 is 4.79 Å². The van der Waals surface area contributed by atoms with Gasteiger partial charge in [0.1, 0.15) is 6.54 Å². The molecule has 3 heterocycles. The number of para-hydroxylation sites is 1. The summed E-state index contributed by atoms with van der Waals surface area (Å²) < 4.78 is 2.66. The number of anilines is 3. The van der Waals surface area contributed by atoms with E-state index in [0.717, 1.165) is 45.4 Å². The van der Waals surface area contributed by atoms with Gasteiger partial charge in [-0.2, -0.15) is 0 Å². The fourth-order valence-corrected chi connectivity index (χ4v) is 4.55. The molecule has 0 atom stereocenters. The molecule has 0 radical (unpaired) electrons. The number of rotatable bonds is 8. The maximum atomic E-state index is 13.0. The van der Waals surface area contributed by atoms with Crippen molar-refractivity contribution in [2.75, 3.05) is 41.3 Å². The second-order valence-electron chi connectivity index (χ2n) is 9.04. The monoisotopic (exact) mass is 485 g/mol. The number of amides is 1. The number of piperazine rings is 1. The maximum absolute atomic E-state index is 13.0. The first-order chi connectivity index (χ1) is 17.6. The molecular formula is C27H31N7O2. The van der Waals surface area contributed by atoms with Gasteiger partial charge in [-0.3, -0.25) is 4.79 Å². The summed E-state index contributed by atoms with van der Waals surface area (Å²) >= 11 is 0. The molecule has 1 aliphatic rings. The van der Waals surface area contributed by atoms with Crippen LogP contribution in [-0.2, 0) is 17.8 Å². The molecule has 2 aromatic heterocycles. The van der Waals surface area contributed by atoms with Crippen LogP contribution in [0.15, 0.2) is 71.8 Å². The summed E-state index contributed by atoms with van der Waals surface area (Å²) in [7, 11) is 0. The standard InChI is InChI=1S/C27H31N7O2/c1-2-3-7-21-10-12-22(13-11-21)29-24(35)20-34-27(36)33-15-14-28-25(26(33)30-34)32-18-16-31(17-19-32)23-8-5-4-6-9-23/h4-6,8-15H,2-3,7,16-20H2,1H3,(H,29,35). The number of benzene rings is 2. The number of carbonyl (C=O) groups excluding carboxylic acids is 1. The molecule has 1 amide bonds. The number of aryl methyl sites for hydroxylation is 1. The average molecular weight is 486 g/mol. The van der Waals surface area contributed by atoms with Crippen molar-refractivity contribution in [3.63, 3.8) is 0 Å². The highest BCUT2D eigenvalue weighted by atomic mass is 16.2. The highest BCUT2D eigenvalue weighted by Crippen LogP contribution is 2.21. The van der Waals surface area contributed by atoms with Gasteiger partial charge in [-0.05, 0) is 42.7 Å². The van der Waals surface area contributed by atoms with E-state index in [-0.39, 0.29) is 18.1 Å². The molecule has 4 aromatic rings. The van der Waals surface area contributed by atoms with Gasteiger partial charge in [0.15, 0.2) is 5.82 Å². The van der Waals surface area contributed by atoms with E-state index >= 15 is 0 Å². The first-order valence-electron chi connectivity index (χ1n) is 12.5. The van der Waals surface area contributed by atoms with Crippen LogP contribution in [0.4, 0.5) is 17.2 Å². The van der Waals surface area contributed by atoms with E-state index in [1.807, 2.05) is 42.5 Å². The molecule has 0 bridgehead atoms. The highest BCUT2D eigenvalue weighted by Gasteiger charge is 2.22. The summed E-state index contributed by atoms with van der Waals surface area (Å²) in [6, 6.07) is 18.2. The summed E-state index contributed by atoms with van der Waals surface area (Å²) in [6.45, 7) is 5.21. The molecule has 5 rings (SSSR count). The van der Waals surface area contributed by atoms with Crippen molar-refractivity contribution >= 4 is 28.7 Å². The summed E-state index contributed by atoms with van der Waals surface area (Å²) in [5, 5.41) is 7.35. The molecule has 36 heavy (non-hydrogen) atoms. The lowest BCUT2D eigenvalue weighted by molar-refractivity contribution is -0.117. The van der Waals surface area contributed by atoms with Crippen LogP contribution in [-0.4, -0.2) is 51.3 Å². The number of nitrogens with one attached hydrogen (secondary N) is 1. The predicted octanol–water partition coefficient (Wildman–Crippen LogP) is 3.20. The van der Waals surface area contributed by atoms with Crippen LogP contribution in [0.1, 0.15) is 25.3 Å². The molecule has 1 saturated heterocycles. The maximum Gasteiger partial charge on any atom is 0.350 e. The van der Waals surface area contributed by atoms with Gasteiger partial charge >= 0.3 is 5.69 Å². The Bertz CT molecular complexity index is 1370. The lowest BCUT2D eigenvalue weighted by Gasteiger charge is -2.36. The number of unbranched alkanes of at least 4 members (excludes halogenated alkanes) is 1. The Kier molecular flexibility index (Phi) is 6.97. The quantitative estimate of drug-likeness (QED) is 0.412. The SMILES string of the molecule is CCCCc1ccc(NC(=O)Cn2nc3c(N4CCN(c5ccccc5)CC4)nccn3c2=O)cc1. The Morgan fingerprint density at radius 3 is 2.42 bits per heavy atom. The molecule has 1 aliphatic heterocycles. The van der Waals surface area contributed by atoms with Crippen LogP contribution in [0.5, 0.6) is 0 Å². The van der Waals surface area contributed by atoms with Crippen molar-refractivity contribution in [2.45, 2.75) is 32.7 Å². The first-order valence-corrected chi connectivity index (χ1v) is 12.5. The molecule has 2 aromatic carbocycles. The molecule has 1 N–H and O–H groups in total. The Balaban J connectivity index is 1.27. The minimum Gasteiger partial charge on any atom is -0.368 e. The van der Waals surface area contributed by atoms with Gasteiger partial charge in [-0.25, -0.2) is 18.9 Å². The molecule has 9 nitrogen and oxygen atoms in total. The van der Waals surface area contributed by atoms with Gasteiger partial charge < -0.3 is 15.1 Å². The second kappa shape index (κ2) is 10.6. The summed E-state index contributed by atoms with van der Waals surface area (Å²) in [4.78, 5) is 34.6. The van der Waals surface area contributed by atoms with E-state index in [2.05, 4.69) is 44.3 Å². The van der Waals surface area contributed by atoms with Crippen molar-refractivity contribution in [2.24, 2.45) is 0 Å². The lowest BCUT2D eigenvalue weighted by atomic mass is 10.1. The molecule has 0 aliphatic carbocycles. The highest BCUT2D eigenvalue weighted by molar-refractivity contribution is 5.90. The summed E-state index contributed by atoms with van der Waals surface area (Å²) in [6.07, 6.45) is 6.52. The Hall–Kier alpha value is -4.14. The Morgan fingerprint density at radius 1 is 0.972 bits per heavy atom. The van der Waals surface area contributed by atoms with Crippen molar-refractivity contribution in [3.8, 4) is 0 Å². The van der Waals surface area contributed by atoms with Crippen LogP contribution in [0.3, 0.4) is 0 Å². The van der Waals surface area contributed by atoms with Gasteiger partial charge in [0.05, 0.1) is 0 Å². The van der Waals surface area contributed by atoms with E-state index in [1.54, 1.807) is 12.4 Å². The largest absolute Gasteiger partial charge is 0.368 e. The fourth-order valence-electron chi connectivity index (χ4n) is 4.55. The van der Waals surface area contributed by atoms with Crippen LogP contribution >= 0.6 is 0 Å². The van der Waals surface area contributed by atoms with Gasteiger partial charge in [0.25, 0.3) is 0 Å². The third-order valence-electron chi connectivity index (χ3n) is 6.53. The van der Waals surface area contributed by atoms with Crippen molar-refractivity contribution in [1.29, 1.82) is 0 Å². The molecule has 0 unspecified atom stereocenters. The zero-order chi connectivity index (χ0) is 24.9. The third kappa shape index (κ3) is 5.10. The second-order valence-corrected chi connectivity index (χ2v) is 9.04. The topological polar surface area (TPSA) is 87.8 Å². The molecular weight excluding hydrogens is 454 g/mol. The van der Waals surface area contributed by atoms with E-state index < -0.39 is 0 Å². The number of hydrogen-bond acceptors (Lipinski definition) is 6. The van der Waals surface area contributed by atoms with E-state index in [9.17, 15) is 9.59 Å². The molecule has 186 valence electrons. The Morgan fingerprint density at radius 2 is 1.69 bits per heavy atom. The number of aromatic nitrogens is 4. The number of hydrogen-bond donors (Lipinski definition) is 1. The number of carbonyl (C=O) groups is 1. The Labute approximate surface area is 210 Å². The van der Waals surface area contributed by atoms with Crippen LogP contribution in [0.25, 0.3) is 5.65 Å². The minimum absolute atomic E-state index is 0.167. The number of fused-ring (bicyclic) bond motifs is 1. The van der Waals surface area contributed by atoms with E-state index in [4.69, 9.17) is 0 Å². The summed E-state index contributed by atoms with van der Waals surface area (Å²) in [5.41, 5.74) is 3.25. The third-order valence-corrected chi connectivity index (χ3v) is 6.53. The average Bonchev–Trinajstić information content (AvgIpc) is 3.23. The predicted molar refractivity (Wildman–Crippen MR) is 142 cm³/mol. The smallest absolute Gasteiger partial charge is 0.350 e. The lowest BCUT2D eigenvalue weighted by Crippen LogP contribution is -2.47. The van der Waals surface area contributed by atoms with Crippen LogP contribution < -0.4 is 20.8 Å². The number of nitrogens with zero attached hydrogens (tertiary/aromatic N) is 6. The molecule has 9 heteroatoms. The molecule has 0 spiro atoms. The van der Waals surface area contributed by atoms with Crippen molar-refractivity contribution in [1.82, 2.24) is 19.2 Å². The van der Waals surface area contributed by atoms with Crippen LogP contribution in [0.2, 0.25) is 0 Å². The minimum atomic E-state index is -0.360. The van der Waals surface area contributed by atoms with Gasteiger partial charge in [0, 0.05) is 49.9 Å². The molecule has 1 fully saturated rings. The normalized spacial score (nSPS) is 13.8. The van der Waals surface area contributed by atoms with Gasteiger partial charge in [-0.1, -0.05) is 43.7 Å². The zero-order valence-corrected chi connectivity index (χ0v) is 20.5. The van der Waals surface area contributed by atoms with Crippen molar-refractivity contribution in [3.05, 3.63) is 83.0 Å².